The SMILES string of the molecule is CC1(CBr)CCN(Cc2cncs2)C1. The molecule has 1 unspecified atom stereocenters. The van der Waals surface area contributed by atoms with Crippen LogP contribution in [-0.2, 0) is 6.54 Å². The summed E-state index contributed by atoms with van der Waals surface area (Å²) < 4.78 is 0. The Hall–Kier alpha value is 0.0700. The minimum atomic E-state index is 0.477. The van der Waals surface area contributed by atoms with Gasteiger partial charge in [-0.1, -0.05) is 22.9 Å². The fourth-order valence-corrected chi connectivity index (χ4v) is 3.00. The van der Waals surface area contributed by atoms with Crippen molar-refractivity contribution >= 4 is 27.3 Å². The second kappa shape index (κ2) is 4.29. The minimum absolute atomic E-state index is 0.477. The van der Waals surface area contributed by atoms with Crippen molar-refractivity contribution in [2.24, 2.45) is 5.41 Å². The predicted octanol–water partition coefficient (Wildman–Crippen LogP) is 2.75. The van der Waals surface area contributed by atoms with Crippen molar-refractivity contribution in [1.29, 1.82) is 0 Å². The fraction of sp³-hybridized carbons (Fsp3) is 0.700. The summed E-state index contributed by atoms with van der Waals surface area (Å²) in [5.41, 5.74) is 2.39. The van der Waals surface area contributed by atoms with Gasteiger partial charge in [-0.2, -0.15) is 0 Å². The molecule has 0 saturated carbocycles. The van der Waals surface area contributed by atoms with Gasteiger partial charge in [0.05, 0.1) is 5.51 Å². The zero-order valence-corrected chi connectivity index (χ0v) is 10.8. The summed E-state index contributed by atoms with van der Waals surface area (Å²) in [7, 11) is 0. The third-order valence-electron chi connectivity index (χ3n) is 2.82. The summed E-state index contributed by atoms with van der Waals surface area (Å²) in [6, 6.07) is 0. The van der Waals surface area contributed by atoms with Crippen LogP contribution in [-0.4, -0.2) is 28.3 Å². The zero-order valence-electron chi connectivity index (χ0n) is 8.37. The lowest BCUT2D eigenvalue weighted by molar-refractivity contribution is 0.290. The molecule has 2 rings (SSSR count). The second-order valence-electron chi connectivity index (χ2n) is 4.37. The Bertz CT molecular complexity index is 288. The fourth-order valence-electron chi connectivity index (χ4n) is 1.91. The summed E-state index contributed by atoms with van der Waals surface area (Å²) >= 11 is 5.35. The van der Waals surface area contributed by atoms with Gasteiger partial charge >= 0.3 is 0 Å². The van der Waals surface area contributed by atoms with Crippen molar-refractivity contribution < 1.29 is 0 Å². The van der Waals surface area contributed by atoms with Gasteiger partial charge in [0, 0.05) is 29.5 Å². The van der Waals surface area contributed by atoms with Crippen molar-refractivity contribution in [1.82, 2.24) is 9.88 Å². The van der Waals surface area contributed by atoms with E-state index >= 15 is 0 Å². The van der Waals surface area contributed by atoms with E-state index in [1.165, 1.54) is 24.4 Å². The van der Waals surface area contributed by atoms with Crippen molar-refractivity contribution in [3.8, 4) is 0 Å². The molecular formula is C10H15BrN2S. The number of likely N-dealkylation sites (tertiary alicyclic amines) is 1. The molecule has 0 bridgehead atoms. The van der Waals surface area contributed by atoms with E-state index in [9.17, 15) is 0 Å². The Morgan fingerprint density at radius 1 is 1.71 bits per heavy atom. The average Bonchev–Trinajstić information content (AvgIpc) is 2.78. The number of thiazole rings is 1. The van der Waals surface area contributed by atoms with Crippen LogP contribution in [0.25, 0.3) is 0 Å². The lowest BCUT2D eigenvalue weighted by atomic mass is 9.93. The first kappa shape index (κ1) is 10.6. The molecular weight excluding hydrogens is 260 g/mol. The predicted molar refractivity (Wildman–Crippen MR) is 63.9 cm³/mol. The molecule has 1 aromatic heterocycles. The van der Waals surface area contributed by atoms with Gasteiger partial charge in [0.15, 0.2) is 0 Å². The first-order valence-electron chi connectivity index (χ1n) is 4.88. The maximum Gasteiger partial charge on any atom is 0.0794 e. The van der Waals surface area contributed by atoms with Crippen molar-refractivity contribution in [3.63, 3.8) is 0 Å². The molecule has 0 aliphatic carbocycles. The van der Waals surface area contributed by atoms with E-state index in [4.69, 9.17) is 0 Å². The van der Waals surface area contributed by atoms with E-state index in [2.05, 4.69) is 32.7 Å². The highest BCUT2D eigenvalue weighted by molar-refractivity contribution is 9.09. The normalized spacial score (nSPS) is 28.4. The maximum absolute atomic E-state index is 4.10. The van der Waals surface area contributed by atoms with Gasteiger partial charge in [0.25, 0.3) is 0 Å². The van der Waals surface area contributed by atoms with Crippen LogP contribution in [0.1, 0.15) is 18.2 Å². The van der Waals surface area contributed by atoms with Gasteiger partial charge in [-0.25, -0.2) is 0 Å². The van der Waals surface area contributed by atoms with Crippen LogP contribution in [0.3, 0.4) is 0 Å². The number of halogens is 1. The Morgan fingerprint density at radius 2 is 2.57 bits per heavy atom. The number of rotatable bonds is 3. The maximum atomic E-state index is 4.10. The van der Waals surface area contributed by atoms with Gasteiger partial charge < -0.3 is 0 Å². The number of hydrogen-bond donors (Lipinski definition) is 0. The smallest absolute Gasteiger partial charge is 0.0794 e. The van der Waals surface area contributed by atoms with Gasteiger partial charge in [-0.05, 0) is 18.4 Å². The molecule has 78 valence electrons. The van der Waals surface area contributed by atoms with Gasteiger partial charge in [-0.15, -0.1) is 11.3 Å². The number of aromatic nitrogens is 1. The molecule has 0 amide bonds. The van der Waals surface area contributed by atoms with E-state index in [0.717, 1.165) is 11.9 Å². The molecule has 0 spiro atoms. The number of nitrogens with zero attached hydrogens (tertiary/aromatic N) is 2. The Balaban J connectivity index is 1.90. The third-order valence-corrected chi connectivity index (χ3v) is 4.94. The molecule has 0 radical (unpaired) electrons. The van der Waals surface area contributed by atoms with E-state index < -0.39 is 0 Å². The molecule has 1 aliphatic heterocycles. The van der Waals surface area contributed by atoms with Gasteiger partial charge in [-0.3, -0.25) is 9.88 Å². The minimum Gasteiger partial charge on any atom is -0.298 e. The standard InChI is InChI=1S/C10H15BrN2S/c1-10(6-11)2-3-13(7-10)5-9-4-12-8-14-9/h4,8H,2-3,5-7H2,1H3. The molecule has 1 fully saturated rings. The molecule has 1 atom stereocenters. The number of hydrogen-bond acceptors (Lipinski definition) is 3. The topological polar surface area (TPSA) is 16.1 Å². The molecule has 2 heterocycles. The van der Waals surface area contributed by atoms with Gasteiger partial charge in [0.1, 0.15) is 0 Å². The third kappa shape index (κ3) is 2.35. The first-order chi connectivity index (χ1) is 6.72. The summed E-state index contributed by atoms with van der Waals surface area (Å²) in [5, 5.41) is 1.11. The highest BCUT2D eigenvalue weighted by Crippen LogP contribution is 2.32. The van der Waals surface area contributed by atoms with E-state index in [1.807, 2.05) is 11.7 Å². The Morgan fingerprint density at radius 3 is 3.14 bits per heavy atom. The molecule has 1 aromatic rings. The van der Waals surface area contributed by atoms with Crippen LogP contribution in [0.5, 0.6) is 0 Å². The lowest BCUT2D eigenvalue weighted by Gasteiger charge is -2.21. The molecule has 4 heteroatoms. The number of alkyl halides is 1. The Labute approximate surface area is 97.5 Å². The average molecular weight is 275 g/mol. The van der Waals surface area contributed by atoms with Crippen molar-refractivity contribution in [2.45, 2.75) is 19.9 Å². The van der Waals surface area contributed by atoms with E-state index in [1.54, 1.807) is 11.3 Å². The molecule has 0 aromatic carbocycles. The summed E-state index contributed by atoms with van der Waals surface area (Å²) in [5.74, 6) is 0. The zero-order chi connectivity index (χ0) is 10.0. The quantitative estimate of drug-likeness (QED) is 0.788. The molecule has 14 heavy (non-hydrogen) atoms. The first-order valence-corrected chi connectivity index (χ1v) is 6.88. The molecule has 1 saturated heterocycles. The van der Waals surface area contributed by atoms with Gasteiger partial charge in [0.2, 0.25) is 0 Å². The highest BCUT2D eigenvalue weighted by atomic mass is 79.9. The highest BCUT2D eigenvalue weighted by Gasteiger charge is 2.32. The van der Waals surface area contributed by atoms with Crippen molar-refractivity contribution in [2.75, 3.05) is 18.4 Å². The van der Waals surface area contributed by atoms with E-state index in [-0.39, 0.29) is 0 Å². The molecule has 2 nitrogen and oxygen atoms in total. The lowest BCUT2D eigenvalue weighted by Crippen LogP contribution is -2.25. The van der Waals surface area contributed by atoms with Crippen molar-refractivity contribution in [3.05, 3.63) is 16.6 Å². The van der Waals surface area contributed by atoms with Crippen LogP contribution < -0.4 is 0 Å². The van der Waals surface area contributed by atoms with Crippen LogP contribution in [0.4, 0.5) is 0 Å². The summed E-state index contributed by atoms with van der Waals surface area (Å²) in [4.78, 5) is 8.00. The second-order valence-corrected chi connectivity index (χ2v) is 5.90. The summed E-state index contributed by atoms with van der Waals surface area (Å²) in [6.07, 6.45) is 3.28. The monoisotopic (exact) mass is 274 g/mol. The summed E-state index contributed by atoms with van der Waals surface area (Å²) in [6.45, 7) is 5.86. The van der Waals surface area contributed by atoms with Crippen LogP contribution in [0.15, 0.2) is 11.7 Å². The Kier molecular flexibility index (Phi) is 3.24. The van der Waals surface area contributed by atoms with Crippen LogP contribution in [0, 0.1) is 5.41 Å². The van der Waals surface area contributed by atoms with Crippen LogP contribution >= 0.6 is 27.3 Å². The van der Waals surface area contributed by atoms with Crippen LogP contribution in [0.2, 0.25) is 0 Å². The van der Waals surface area contributed by atoms with E-state index in [0.29, 0.717) is 5.41 Å². The largest absolute Gasteiger partial charge is 0.298 e. The molecule has 1 aliphatic rings. The molecule has 0 N–H and O–H groups in total.